The quantitative estimate of drug-likeness (QED) is 0.661. The highest BCUT2D eigenvalue weighted by Gasteiger charge is 2.15. The highest BCUT2D eigenvalue weighted by atomic mass is 16.2. The fourth-order valence-corrected chi connectivity index (χ4v) is 1.05. The van der Waals surface area contributed by atoms with Crippen molar-refractivity contribution in [3.63, 3.8) is 0 Å². The highest BCUT2D eigenvalue weighted by Crippen LogP contribution is 2.04. The molecule has 0 aliphatic carbocycles. The van der Waals surface area contributed by atoms with Crippen LogP contribution in [0.15, 0.2) is 0 Å². The summed E-state index contributed by atoms with van der Waals surface area (Å²) in [6.45, 7) is 7.94. The second-order valence-corrected chi connectivity index (χ2v) is 3.56. The monoisotopic (exact) mass is 172 g/mol. The van der Waals surface area contributed by atoms with Gasteiger partial charge in [-0.25, -0.2) is 0 Å². The lowest BCUT2D eigenvalue weighted by Gasteiger charge is -2.21. The van der Waals surface area contributed by atoms with Gasteiger partial charge >= 0.3 is 0 Å². The van der Waals surface area contributed by atoms with Gasteiger partial charge in [0.1, 0.15) is 0 Å². The van der Waals surface area contributed by atoms with E-state index in [0.29, 0.717) is 5.92 Å². The minimum Gasteiger partial charge on any atom is -0.352 e. The van der Waals surface area contributed by atoms with Crippen LogP contribution in [0.5, 0.6) is 0 Å². The topological polar surface area (TPSA) is 55.1 Å². The SMILES string of the molecule is CCC(NC(=O)[C@H](C)N)C(C)C. The number of rotatable bonds is 4. The van der Waals surface area contributed by atoms with E-state index in [0.717, 1.165) is 6.42 Å². The largest absolute Gasteiger partial charge is 0.352 e. The number of carbonyl (C=O) groups is 1. The van der Waals surface area contributed by atoms with Gasteiger partial charge in [-0.3, -0.25) is 4.79 Å². The van der Waals surface area contributed by atoms with Crippen molar-refractivity contribution in [1.29, 1.82) is 0 Å². The van der Waals surface area contributed by atoms with Crippen LogP contribution in [0.4, 0.5) is 0 Å². The zero-order chi connectivity index (χ0) is 9.72. The third-order valence-corrected chi connectivity index (χ3v) is 1.99. The van der Waals surface area contributed by atoms with Gasteiger partial charge in [0.2, 0.25) is 5.91 Å². The van der Waals surface area contributed by atoms with E-state index in [2.05, 4.69) is 26.1 Å². The van der Waals surface area contributed by atoms with Gasteiger partial charge in [-0.2, -0.15) is 0 Å². The molecule has 3 nitrogen and oxygen atoms in total. The van der Waals surface area contributed by atoms with Gasteiger partial charge in [0.25, 0.3) is 0 Å². The first-order valence-electron chi connectivity index (χ1n) is 4.55. The Bertz CT molecular complexity index is 143. The van der Waals surface area contributed by atoms with Crippen LogP contribution in [-0.4, -0.2) is 18.0 Å². The molecule has 72 valence electrons. The third-order valence-electron chi connectivity index (χ3n) is 1.99. The van der Waals surface area contributed by atoms with E-state index < -0.39 is 6.04 Å². The number of amides is 1. The molecule has 0 rings (SSSR count). The molecule has 0 aliphatic heterocycles. The van der Waals surface area contributed by atoms with Gasteiger partial charge < -0.3 is 11.1 Å². The van der Waals surface area contributed by atoms with Crippen LogP contribution in [0.3, 0.4) is 0 Å². The molecule has 0 heterocycles. The van der Waals surface area contributed by atoms with Crippen LogP contribution in [0, 0.1) is 5.92 Å². The van der Waals surface area contributed by atoms with Crippen molar-refractivity contribution < 1.29 is 4.79 Å². The number of hydrogen-bond acceptors (Lipinski definition) is 2. The first-order chi connectivity index (χ1) is 5.49. The predicted molar refractivity (Wildman–Crippen MR) is 50.7 cm³/mol. The molecule has 0 aromatic rings. The molecule has 0 aromatic carbocycles. The van der Waals surface area contributed by atoms with Crippen molar-refractivity contribution in [1.82, 2.24) is 5.32 Å². The fraction of sp³-hybridized carbons (Fsp3) is 0.889. The van der Waals surface area contributed by atoms with Crippen LogP contribution in [-0.2, 0) is 4.79 Å². The second-order valence-electron chi connectivity index (χ2n) is 3.56. The number of carbonyl (C=O) groups excluding carboxylic acids is 1. The van der Waals surface area contributed by atoms with Crippen molar-refractivity contribution in [2.24, 2.45) is 11.7 Å². The summed E-state index contributed by atoms with van der Waals surface area (Å²) in [6.07, 6.45) is 0.954. The summed E-state index contributed by atoms with van der Waals surface area (Å²) in [4.78, 5) is 11.2. The fourth-order valence-electron chi connectivity index (χ4n) is 1.05. The maximum absolute atomic E-state index is 11.2. The lowest BCUT2D eigenvalue weighted by Crippen LogP contribution is -2.45. The van der Waals surface area contributed by atoms with Crippen molar-refractivity contribution in [3.05, 3.63) is 0 Å². The molecule has 0 saturated carbocycles. The van der Waals surface area contributed by atoms with Gasteiger partial charge in [-0.05, 0) is 19.3 Å². The molecule has 0 aromatic heterocycles. The molecule has 1 unspecified atom stereocenters. The van der Waals surface area contributed by atoms with Crippen molar-refractivity contribution in [3.8, 4) is 0 Å². The number of hydrogen-bond donors (Lipinski definition) is 2. The molecule has 3 N–H and O–H groups in total. The molecule has 1 amide bonds. The Morgan fingerprint density at radius 3 is 2.17 bits per heavy atom. The lowest BCUT2D eigenvalue weighted by molar-refractivity contribution is -0.123. The molecule has 0 saturated heterocycles. The van der Waals surface area contributed by atoms with E-state index in [-0.39, 0.29) is 11.9 Å². The van der Waals surface area contributed by atoms with Crippen LogP contribution >= 0.6 is 0 Å². The first-order valence-corrected chi connectivity index (χ1v) is 4.55. The summed E-state index contributed by atoms with van der Waals surface area (Å²) in [5.74, 6) is 0.410. The maximum Gasteiger partial charge on any atom is 0.236 e. The highest BCUT2D eigenvalue weighted by molar-refractivity contribution is 5.81. The van der Waals surface area contributed by atoms with Crippen LogP contribution in [0.25, 0.3) is 0 Å². The number of nitrogens with one attached hydrogen (secondary N) is 1. The molecule has 2 atom stereocenters. The zero-order valence-electron chi connectivity index (χ0n) is 8.42. The van der Waals surface area contributed by atoms with Gasteiger partial charge in [0.05, 0.1) is 6.04 Å². The van der Waals surface area contributed by atoms with Gasteiger partial charge in [-0.15, -0.1) is 0 Å². The van der Waals surface area contributed by atoms with Crippen LogP contribution < -0.4 is 11.1 Å². The summed E-state index contributed by atoms with van der Waals surface area (Å²) in [5.41, 5.74) is 5.43. The van der Waals surface area contributed by atoms with E-state index in [1.807, 2.05) is 0 Å². The average Bonchev–Trinajstić information content (AvgIpc) is 1.98. The molecule has 0 bridgehead atoms. The lowest BCUT2D eigenvalue weighted by atomic mass is 10.0. The smallest absolute Gasteiger partial charge is 0.236 e. The number of nitrogens with two attached hydrogens (primary N) is 1. The Morgan fingerprint density at radius 1 is 1.42 bits per heavy atom. The Balaban J connectivity index is 3.94. The van der Waals surface area contributed by atoms with Crippen molar-refractivity contribution in [2.45, 2.75) is 46.2 Å². The molecule has 12 heavy (non-hydrogen) atoms. The third kappa shape index (κ3) is 3.72. The first kappa shape index (κ1) is 11.4. The Labute approximate surface area is 74.7 Å². The van der Waals surface area contributed by atoms with Crippen molar-refractivity contribution >= 4 is 5.91 Å². The molecule has 0 aliphatic rings. The predicted octanol–water partition coefficient (Wildman–Crippen LogP) is 0.884. The second kappa shape index (κ2) is 5.14. The molecular formula is C9H20N2O. The van der Waals surface area contributed by atoms with E-state index >= 15 is 0 Å². The normalized spacial score (nSPS) is 15.8. The molecular weight excluding hydrogens is 152 g/mol. The molecule has 0 spiro atoms. The van der Waals surface area contributed by atoms with Crippen LogP contribution in [0.2, 0.25) is 0 Å². The van der Waals surface area contributed by atoms with E-state index in [1.54, 1.807) is 6.92 Å². The van der Waals surface area contributed by atoms with E-state index in [1.165, 1.54) is 0 Å². The minimum atomic E-state index is -0.405. The maximum atomic E-state index is 11.2. The molecule has 3 heteroatoms. The zero-order valence-corrected chi connectivity index (χ0v) is 8.42. The molecule has 0 fully saturated rings. The summed E-state index contributed by atoms with van der Waals surface area (Å²) >= 11 is 0. The van der Waals surface area contributed by atoms with Gasteiger partial charge in [-0.1, -0.05) is 20.8 Å². The summed E-state index contributed by atoms with van der Waals surface area (Å²) in [7, 11) is 0. The standard InChI is InChI=1S/C9H20N2O/c1-5-8(6(2)3)11-9(12)7(4)10/h6-8H,5,10H2,1-4H3,(H,11,12)/t7-,8?/m0/s1. The van der Waals surface area contributed by atoms with Crippen LogP contribution in [0.1, 0.15) is 34.1 Å². The summed E-state index contributed by atoms with van der Waals surface area (Å²) in [6, 6.07) is -0.152. The van der Waals surface area contributed by atoms with E-state index in [4.69, 9.17) is 5.73 Å². The average molecular weight is 172 g/mol. The summed E-state index contributed by atoms with van der Waals surface area (Å²) in [5, 5.41) is 2.90. The Morgan fingerprint density at radius 2 is 1.92 bits per heavy atom. The Hall–Kier alpha value is -0.570. The van der Waals surface area contributed by atoms with Gasteiger partial charge in [0.15, 0.2) is 0 Å². The van der Waals surface area contributed by atoms with Gasteiger partial charge in [0, 0.05) is 6.04 Å². The minimum absolute atomic E-state index is 0.0597. The Kier molecular flexibility index (Phi) is 4.90. The van der Waals surface area contributed by atoms with Crippen molar-refractivity contribution in [2.75, 3.05) is 0 Å². The van der Waals surface area contributed by atoms with E-state index in [9.17, 15) is 4.79 Å². The summed E-state index contributed by atoms with van der Waals surface area (Å²) < 4.78 is 0. The molecule has 0 radical (unpaired) electrons.